The molecule has 1 amide bonds. The number of carbonyl (C=O) groups is 1. The molecular weight excluding hydrogens is 328 g/mol. The van der Waals surface area contributed by atoms with Crippen LogP contribution in [-0.2, 0) is 4.74 Å². The van der Waals surface area contributed by atoms with Crippen LogP contribution in [0.5, 0.6) is 0 Å². The lowest BCUT2D eigenvalue weighted by molar-refractivity contribution is 0.0757. The van der Waals surface area contributed by atoms with Gasteiger partial charge in [-0.3, -0.25) is 9.89 Å². The number of fused-ring (bicyclic) bond motifs is 1. The average molecular weight is 352 g/mol. The minimum Gasteiger partial charge on any atom is -0.497 e. The molecule has 0 aromatic carbocycles. The number of nitrogens with one attached hydrogen (secondary N) is 1. The standard InChI is InChI=1S/C20H24N4O2/c1-5-16(26-4)9-8-13(2)18-7-6-10-24(18)20(25)15-11-17-14(3)22-23-19(17)21-12-15/h5,8-9,11-12,18H,2,6-7,10H2,1,3-4H3,(H,21,22,23)/b9-8-,16-5+/t18-/m1/s1. The summed E-state index contributed by atoms with van der Waals surface area (Å²) in [6, 6.07) is 1.86. The summed E-state index contributed by atoms with van der Waals surface area (Å²) < 4.78 is 5.24. The van der Waals surface area contributed by atoms with E-state index in [2.05, 4.69) is 21.8 Å². The number of nitrogens with zero attached hydrogens (tertiary/aromatic N) is 3. The second-order valence-electron chi connectivity index (χ2n) is 6.39. The second kappa shape index (κ2) is 7.56. The van der Waals surface area contributed by atoms with Crippen LogP contribution in [0.3, 0.4) is 0 Å². The van der Waals surface area contributed by atoms with Gasteiger partial charge in [0.2, 0.25) is 0 Å². The fourth-order valence-electron chi connectivity index (χ4n) is 3.29. The maximum Gasteiger partial charge on any atom is 0.255 e. The number of methoxy groups -OCH3 is 1. The third kappa shape index (κ3) is 3.40. The van der Waals surface area contributed by atoms with Crippen LogP contribution in [-0.4, -0.2) is 45.7 Å². The van der Waals surface area contributed by atoms with Crippen LogP contribution < -0.4 is 0 Å². The summed E-state index contributed by atoms with van der Waals surface area (Å²) in [6.07, 6.45) is 9.18. The van der Waals surface area contributed by atoms with Gasteiger partial charge in [-0.15, -0.1) is 0 Å². The summed E-state index contributed by atoms with van der Waals surface area (Å²) in [6.45, 7) is 8.70. The van der Waals surface area contributed by atoms with Crippen LogP contribution in [0.4, 0.5) is 0 Å². The Morgan fingerprint density at radius 2 is 2.27 bits per heavy atom. The molecule has 136 valence electrons. The minimum absolute atomic E-state index is 0.00476. The van der Waals surface area contributed by atoms with Gasteiger partial charge in [-0.2, -0.15) is 5.10 Å². The van der Waals surface area contributed by atoms with E-state index in [-0.39, 0.29) is 11.9 Å². The van der Waals surface area contributed by atoms with Gasteiger partial charge in [0.1, 0.15) is 5.76 Å². The van der Waals surface area contributed by atoms with Crippen molar-refractivity contribution in [3.05, 3.63) is 59.7 Å². The lowest BCUT2D eigenvalue weighted by atomic mass is 10.0. The molecule has 0 spiro atoms. The predicted octanol–water partition coefficient (Wildman–Crippen LogP) is 3.53. The van der Waals surface area contributed by atoms with Gasteiger partial charge in [0.15, 0.2) is 5.65 Å². The normalized spacial score (nSPS) is 18.0. The number of hydrogen-bond donors (Lipinski definition) is 1. The molecule has 1 aliphatic rings. The summed E-state index contributed by atoms with van der Waals surface area (Å²) in [7, 11) is 1.63. The number of rotatable bonds is 5. The van der Waals surface area contributed by atoms with Gasteiger partial charge in [-0.1, -0.05) is 12.7 Å². The SMILES string of the molecule is C=C(/C=C\C(=C/C)OC)[C@H]1CCCN1C(=O)c1cnc2[nH]nc(C)c2c1. The Morgan fingerprint density at radius 1 is 1.46 bits per heavy atom. The first-order valence-corrected chi connectivity index (χ1v) is 8.74. The van der Waals surface area contributed by atoms with Crippen LogP contribution in [0, 0.1) is 6.92 Å². The molecule has 0 bridgehead atoms. The smallest absolute Gasteiger partial charge is 0.255 e. The Morgan fingerprint density at radius 3 is 3.00 bits per heavy atom. The monoisotopic (exact) mass is 352 g/mol. The number of likely N-dealkylation sites (tertiary alicyclic amines) is 1. The van der Waals surface area contributed by atoms with Crippen LogP contribution in [0.25, 0.3) is 11.0 Å². The summed E-state index contributed by atoms with van der Waals surface area (Å²) in [5, 5.41) is 7.88. The molecule has 6 nitrogen and oxygen atoms in total. The molecule has 2 aromatic heterocycles. The van der Waals surface area contributed by atoms with E-state index in [0.717, 1.165) is 41.8 Å². The van der Waals surface area contributed by atoms with Crippen LogP contribution >= 0.6 is 0 Å². The van der Waals surface area contributed by atoms with Gasteiger partial charge in [0.05, 0.1) is 24.4 Å². The molecule has 3 rings (SSSR count). The van der Waals surface area contributed by atoms with Crippen molar-refractivity contribution in [2.45, 2.75) is 32.7 Å². The molecule has 0 radical (unpaired) electrons. The number of aromatic nitrogens is 3. The lowest BCUT2D eigenvalue weighted by Gasteiger charge is -2.25. The Labute approximate surface area is 153 Å². The third-order valence-corrected chi connectivity index (χ3v) is 4.78. The first kappa shape index (κ1) is 17.9. The highest BCUT2D eigenvalue weighted by Gasteiger charge is 2.30. The predicted molar refractivity (Wildman–Crippen MR) is 102 cm³/mol. The fraction of sp³-hybridized carbons (Fsp3) is 0.350. The first-order valence-electron chi connectivity index (χ1n) is 8.74. The van der Waals surface area contributed by atoms with Gasteiger partial charge in [-0.25, -0.2) is 4.98 Å². The first-order chi connectivity index (χ1) is 12.5. The Balaban J connectivity index is 1.81. The Hall–Kier alpha value is -2.89. The van der Waals surface area contributed by atoms with Gasteiger partial charge in [-0.05, 0) is 50.5 Å². The number of pyridine rings is 1. The molecular formula is C20H24N4O2. The topological polar surface area (TPSA) is 71.1 Å². The highest BCUT2D eigenvalue weighted by molar-refractivity contribution is 5.97. The largest absolute Gasteiger partial charge is 0.497 e. The van der Waals surface area contributed by atoms with Crippen molar-refractivity contribution in [3.63, 3.8) is 0 Å². The molecule has 26 heavy (non-hydrogen) atoms. The number of H-pyrrole nitrogens is 1. The van der Waals surface area contributed by atoms with E-state index < -0.39 is 0 Å². The molecule has 1 saturated heterocycles. The number of amides is 1. The van der Waals surface area contributed by atoms with E-state index in [4.69, 9.17) is 4.74 Å². The van der Waals surface area contributed by atoms with Crippen LogP contribution in [0.1, 0.15) is 35.8 Å². The van der Waals surface area contributed by atoms with E-state index in [1.807, 2.05) is 43.0 Å². The summed E-state index contributed by atoms with van der Waals surface area (Å²) in [4.78, 5) is 19.2. The van der Waals surface area contributed by atoms with Crippen molar-refractivity contribution in [1.82, 2.24) is 20.1 Å². The zero-order valence-electron chi connectivity index (χ0n) is 15.5. The molecule has 1 aliphatic heterocycles. The molecule has 2 aromatic rings. The van der Waals surface area contributed by atoms with Crippen molar-refractivity contribution in [2.24, 2.45) is 0 Å². The van der Waals surface area contributed by atoms with E-state index in [0.29, 0.717) is 11.2 Å². The van der Waals surface area contributed by atoms with Crippen molar-refractivity contribution in [2.75, 3.05) is 13.7 Å². The Bertz CT molecular complexity index is 894. The molecule has 0 saturated carbocycles. The molecule has 1 fully saturated rings. The fourth-order valence-corrected chi connectivity index (χ4v) is 3.29. The van der Waals surface area contributed by atoms with Gasteiger partial charge in [0, 0.05) is 18.1 Å². The number of aryl methyl sites for hydroxylation is 1. The molecule has 3 heterocycles. The zero-order chi connectivity index (χ0) is 18.7. The number of allylic oxidation sites excluding steroid dienone is 2. The van der Waals surface area contributed by atoms with Gasteiger partial charge in [0.25, 0.3) is 5.91 Å². The number of carbonyl (C=O) groups excluding carboxylic acids is 1. The van der Waals surface area contributed by atoms with E-state index in [9.17, 15) is 4.79 Å². The Kier molecular flexibility index (Phi) is 5.21. The van der Waals surface area contributed by atoms with Crippen molar-refractivity contribution < 1.29 is 9.53 Å². The van der Waals surface area contributed by atoms with Gasteiger partial charge < -0.3 is 9.64 Å². The second-order valence-corrected chi connectivity index (χ2v) is 6.39. The van der Waals surface area contributed by atoms with Crippen LogP contribution in [0.2, 0.25) is 0 Å². The molecule has 0 aliphatic carbocycles. The lowest BCUT2D eigenvalue weighted by Crippen LogP contribution is -2.36. The van der Waals surface area contributed by atoms with Crippen LogP contribution in [0.15, 0.2) is 48.4 Å². The number of hydrogen-bond acceptors (Lipinski definition) is 4. The van der Waals surface area contributed by atoms with Crippen molar-refractivity contribution >= 4 is 16.9 Å². The molecule has 6 heteroatoms. The molecule has 1 atom stereocenters. The van der Waals surface area contributed by atoms with E-state index >= 15 is 0 Å². The summed E-state index contributed by atoms with van der Waals surface area (Å²) >= 11 is 0. The van der Waals surface area contributed by atoms with Crippen molar-refractivity contribution in [1.29, 1.82) is 0 Å². The maximum absolute atomic E-state index is 13.0. The third-order valence-electron chi connectivity index (χ3n) is 4.78. The van der Waals surface area contributed by atoms with Crippen molar-refractivity contribution in [3.8, 4) is 0 Å². The van der Waals surface area contributed by atoms with Gasteiger partial charge >= 0.3 is 0 Å². The number of aromatic amines is 1. The zero-order valence-corrected chi connectivity index (χ0v) is 15.5. The minimum atomic E-state index is -0.0185. The molecule has 0 unspecified atom stereocenters. The molecule has 1 N–H and O–H groups in total. The quantitative estimate of drug-likeness (QED) is 0.660. The highest BCUT2D eigenvalue weighted by atomic mass is 16.5. The highest BCUT2D eigenvalue weighted by Crippen LogP contribution is 2.26. The maximum atomic E-state index is 13.0. The average Bonchev–Trinajstić information content (AvgIpc) is 3.29. The van der Waals surface area contributed by atoms with E-state index in [1.165, 1.54) is 0 Å². The van der Waals surface area contributed by atoms with E-state index in [1.54, 1.807) is 13.3 Å². The number of ether oxygens (including phenoxy) is 1. The summed E-state index contributed by atoms with van der Waals surface area (Å²) in [5.41, 5.74) is 3.02. The summed E-state index contributed by atoms with van der Waals surface area (Å²) in [5.74, 6) is 0.752.